The van der Waals surface area contributed by atoms with Gasteiger partial charge in [-0.1, -0.05) is 22.0 Å². The Morgan fingerprint density at radius 1 is 1.33 bits per heavy atom. The predicted molar refractivity (Wildman–Crippen MR) is 79.0 cm³/mol. The van der Waals surface area contributed by atoms with Gasteiger partial charge in [-0.3, -0.25) is 4.79 Å². The lowest BCUT2D eigenvalue weighted by molar-refractivity contribution is 0.102. The van der Waals surface area contributed by atoms with E-state index in [4.69, 9.17) is 0 Å². The summed E-state index contributed by atoms with van der Waals surface area (Å²) in [6.45, 7) is 0. The fourth-order valence-corrected chi connectivity index (χ4v) is 2.27. The summed E-state index contributed by atoms with van der Waals surface area (Å²) in [5.41, 5.74) is 0.510. The highest BCUT2D eigenvalue weighted by atomic mass is 127. The molecule has 0 unspecified atom stereocenters. The van der Waals surface area contributed by atoms with Crippen LogP contribution in [-0.2, 0) is 0 Å². The van der Waals surface area contributed by atoms with Crippen molar-refractivity contribution in [2.75, 3.05) is 5.32 Å². The molecule has 0 atom stereocenters. The number of hydrogen-bond acceptors (Lipinski definition) is 2. The first kappa shape index (κ1) is 13.4. The molecule has 18 heavy (non-hydrogen) atoms. The molecule has 0 radical (unpaired) electrons. The monoisotopic (exact) mass is 420 g/mol. The number of carbonyl (C=O) groups excluding carboxylic acids is 1. The van der Waals surface area contributed by atoms with E-state index < -0.39 is 5.95 Å². The van der Waals surface area contributed by atoms with Crippen LogP contribution in [0.2, 0.25) is 0 Å². The first-order valence-corrected chi connectivity index (χ1v) is 6.82. The summed E-state index contributed by atoms with van der Waals surface area (Å²) < 4.78 is 14.5. The maximum Gasteiger partial charge on any atom is 0.257 e. The Balaban J connectivity index is 2.24. The maximum atomic E-state index is 12.9. The lowest BCUT2D eigenvalue weighted by atomic mass is 10.2. The molecular formula is C12H7BrFIN2O. The minimum absolute atomic E-state index is 0.191. The van der Waals surface area contributed by atoms with E-state index >= 15 is 0 Å². The van der Waals surface area contributed by atoms with Gasteiger partial charge in [-0.25, -0.2) is 4.98 Å². The lowest BCUT2D eigenvalue weighted by Crippen LogP contribution is -2.14. The van der Waals surface area contributed by atoms with Gasteiger partial charge in [-0.15, -0.1) is 0 Å². The normalized spacial score (nSPS) is 10.2. The molecule has 2 aromatic rings. The smallest absolute Gasteiger partial charge is 0.257 e. The molecule has 0 aliphatic carbocycles. The number of anilines is 1. The molecule has 2 rings (SSSR count). The van der Waals surface area contributed by atoms with Gasteiger partial charge in [0, 0.05) is 8.04 Å². The lowest BCUT2D eigenvalue weighted by Gasteiger charge is -2.06. The van der Waals surface area contributed by atoms with Crippen LogP contribution in [0.3, 0.4) is 0 Å². The Labute approximate surface area is 125 Å². The minimum atomic E-state index is -0.628. The number of carbonyl (C=O) groups is 1. The molecule has 6 heteroatoms. The second-order valence-electron chi connectivity index (χ2n) is 3.42. The molecule has 0 saturated carbocycles. The Morgan fingerprint density at radius 2 is 2.11 bits per heavy atom. The number of hydrogen-bond donors (Lipinski definition) is 1. The van der Waals surface area contributed by atoms with Gasteiger partial charge in [-0.05, 0) is 52.9 Å². The summed E-state index contributed by atoms with van der Waals surface area (Å²) in [7, 11) is 0. The van der Waals surface area contributed by atoms with Crippen molar-refractivity contribution >= 4 is 50.2 Å². The summed E-state index contributed by atoms with van der Waals surface area (Å²) in [4.78, 5) is 15.6. The average Bonchev–Trinajstić information content (AvgIpc) is 2.32. The summed E-state index contributed by atoms with van der Waals surface area (Å²) in [5.74, 6) is -0.758. The Kier molecular flexibility index (Phi) is 4.28. The van der Waals surface area contributed by atoms with Crippen LogP contribution in [0.1, 0.15) is 10.4 Å². The largest absolute Gasteiger partial charge is 0.306 e. The van der Waals surface area contributed by atoms with Crippen LogP contribution in [0.5, 0.6) is 0 Å². The van der Waals surface area contributed by atoms with E-state index in [2.05, 4.69) is 48.8 Å². The SMILES string of the molecule is O=C(Nc1cccc(F)n1)c1cc(Br)ccc1I. The predicted octanol–water partition coefficient (Wildman–Crippen LogP) is 3.84. The van der Waals surface area contributed by atoms with Crippen LogP contribution in [0.4, 0.5) is 10.2 Å². The van der Waals surface area contributed by atoms with Gasteiger partial charge in [0.2, 0.25) is 5.95 Å². The van der Waals surface area contributed by atoms with Gasteiger partial charge in [0.05, 0.1) is 5.56 Å². The molecule has 0 fully saturated rings. The molecule has 1 aromatic carbocycles. The standard InChI is InChI=1S/C12H7BrFIN2O/c13-7-4-5-9(15)8(6-7)12(18)17-11-3-1-2-10(14)16-11/h1-6H,(H,16,17,18). The number of amides is 1. The fraction of sp³-hybridized carbons (Fsp3) is 0. The van der Waals surface area contributed by atoms with Crippen LogP contribution >= 0.6 is 38.5 Å². The highest BCUT2D eigenvalue weighted by Crippen LogP contribution is 2.19. The highest BCUT2D eigenvalue weighted by Gasteiger charge is 2.11. The third-order valence-electron chi connectivity index (χ3n) is 2.13. The fourth-order valence-electron chi connectivity index (χ4n) is 1.33. The van der Waals surface area contributed by atoms with Crippen molar-refractivity contribution < 1.29 is 9.18 Å². The molecule has 1 amide bonds. The van der Waals surface area contributed by atoms with Crippen LogP contribution in [0, 0.1) is 9.52 Å². The quantitative estimate of drug-likeness (QED) is 0.592. The zero-order valence-electron chi connectivity index (χ0n) is 8.95. The molecule has 1 heterocycles. The first-order valence-electron chi connectivity index (χ1n) is 4.95. The number of nitrogens with one attached hydrogen (secondary N) is 1. The Bertz CT molecular complexity index is 606. The Hall–Kier alpha value is -1.02. The van der Waals surface area contributed by atoms with Gasteiger partial charge in [0.25, 0.3) is 5.91 Å². The topological polar surface area (TPSA) is 42.0 Å². The molecule has 0 spiro atoms. The zero-order chi connectivity index (χ0) is 13.1. The van der Waals surface area contributed by atoms with Gasteiger partial charge in [0.1, 0.15) is 5.82 Å². The number of halogens is 3. The second kappa shape index (κ2) is 5.75. The summed E-state index contributed by atoms with van der Waals surface area (Å²) in [5, 5.41) is 2.55. The van der Waals surface area contributed by atoms with E-state index in [1.165, 1.54) is 18.2 Å². The van der Waals surface area contributed by atoms with E-state index in [1.807, 2.05) is 12.1 Å². The molecule has 0 bridgehead atoms. The van der Waals surface area contributed by atoms with E-state index in [-0.39, 0.29) is 11.7 Å². The van der Waals surface area contributed by atoms with Crippen molar-refractivity contribution in [2.45, 2.75) is 0 Å². The highest BCUT2D eigenvalue weighted by molar-refractivity contribution is 14.1. The van der Waals surface area contributed by atoms with E-state index in [9.17, 15) is 9.18 Å². The maximum absolute atomic E-state index is 12.9. The van der Waals surface area contributed by atoms with Gasteiger partial charge < -0.3 is 5.32 Å². The number of benzene rings is 1. The van der Waals surface area contributed by atoms with Crippen molar-refractivity contribution in [3.8, 4) is 0 Å². The van der Waals surface area contributed by atoms with Crippen LogP contribution in [0.25, 0.3) is 0 Å². The third-order valence-corrected chi connectivity index (χ3v) is 3.56. The third kappa shape index (κ3) is 3.26. The number of rotatable bonds is 2. The first-order chi connectivity index (χ1) is 8.56. The van der Waals surface area contributed by atoms with Gasteiger partial charge in [-0.2, -0.15) is 4.39 Å². The molecule has 92 valence electrons. The Morgan fingerprint density at radius 3 is 2.83 bits per heavy atom. The van der Waals surface area contributed by atoms with Crippen molar-refractivity contribution in [1.29, 1.82) is 0 Å². The van der Waals surface area contributed by atoms with E-state index in [1.54, 1.807) is 6.07 Å². The molecule has 1 aromatic heterocycles. The molecule has 0 aliphatic rings. The van der Waals surface area contributed by atoms with Gasteiger partial charge >= 0.3 is 0 Å². The number of nitrogens with zero attached hydrogens (tertiary/aromatic N) is 1. The number of pyridine rings is 1. The minimum Gasteiger partial charge on any atom is -0.306 e. The van der Waals surface area contributed by atoms with Crippen molar-refractivity contribution in [3.63, 3.8) is 0 Å². The van der Waals surface area contributed by atoms with Gasteiger partial charge in [0.15, 0.2) is 0 Å². The van der Waals surface area contributed by atoms with Crippen molar-refractivity contribution in [2.24, 2.45) is 0 Å². The molecule has 0 saturated heterocycles. The van der Waals surface area contributed by atoms with Crippen LogP contribution in [0.15, 0.2) is 40.9 Å². The van der Waals surface area contributed by atoms with Crippen molar-refractivity contribution in [1.82, 2.24) is 4.98 Å². The van der Waals surface area contributed by atoms with Crippen LogP contribution < -0.4 is 5.32 Å². The summed E-state index contributed by atoms with van der Waals surface area (Å²) >= 11 is 5.37. The molecule has 3 nitrogen and oxygen atoms in total. The number of aromatic nitrogens is 1. The molecule has 0 aliphatic heterocycles. The molecular weight excluding hydrogens is 414 g/mol. The second-order valence-corrected chi connectivity index (χ2v) is 5.50. The molecule has 1 N–H and O–H groups in total. The van der Waals surface area contributed by atoms with Crippen molar-refractivity contribution in [3.05, 3.63) is 56.0 Å². The van der Waals surface area contributed by atoms with Crippen LogP contribution in [-0.4, -0.2) is 10.9 Å². The zero-order valence-corrected chi connectivity index (χ0v) is 12.7. The summed E-state index contributed by atoms with van der Waals surface area (Å²) in [6, 6.07) is 9.61. The average molecular weight is 421 g/mol. The summed E-state index contributed by atoms with van der Waals surface area (Å²) in [6.07, 6.45) is 0. The van der Waals surface area contributed by atoms with E-state index in [0.717, 1.165) is 8.04 Å². The van der Waals surface area contributed by atoms with E-state index in [0.29, 0.717) is 5.56 Å².